The lowest BCUT2D eigenvalue weighted by Gasteiger charge is -2.06. The van der Waals surface area contributed by atoms with Crippen molar-refractivity contribution in [3.63, 3.8) is 0 Å². The molecule has 0 aliphatic heterocycles. The minimum atomic E-state index is -0.829. The maximum Gasteiger partial charge on any atom is 0.331 e. The van der Waals surface area contributed by atoms with Gasteiger partial charge in [-0.3, -0.25) is 14.9 Å². The minimum Gasteiger partial charge on any atom is -0.494 e. The number of amides is 1. The van der Waals surface area contributed by atoms with Crippen LogP contribution >= 0.6 is 0 Å². The highest BCUT2D eigenvalue weighted by molar-refractivity contribution is 5.96. The number of rotatable bonds is 8. The third kappa shape index (κ3) is 6.20. The van der Waals surface area contributed by atoms with Crippen molar-refractivity contribution in [3.05, 3.63) is 70.0 Å². The molecule has 0 atom stereocenters. The Balaban J connectivity index is 1.87. The van der Waals surface area contributed by atoms with Gasteiger partial charge in [0.25, 0.3) is 11.6 Å². The van der Waals surface area contributed by atoms with Crippen molar-refractivity contribution >= 4 is 29.3 Å². The van der Waals surface area contributed by atoms with E-state index in [0.29, 0.717) is 18.4 Å². The molecule has 0 saturated carbocycles. The number of carbonyl (C=O) groups is 2. The van der Waals surface area contributed by atoms with Crippen LogP contribution in [0.2, 0.25) is 0 Å². The molecule has 0 saturated heterocycles. The standard InChI is InChI=1S/C19H17FN2O6/c1-2-27-15-7-3-13(4-8-15)5-10-19(24)28-12-18(23)21-16-9-6-14(20)11-17(16)22(25)26/h3-11H,2,12H2,1H3,(H,21,23)/b10-5+. The molecule has 0 unspecified atom stereocenters. The first-order valence-corrected chi connectivity index (χ1v) is 8.20. The van der Waals surface area contributed by atoms with Crippen molar-refractivity contribution in [2.24, 2.45) is 0 Å². The number of hydrogen-bond acceptors (Lipinski definition) is 6. The number of nitro benzene ring substituents is 1. The molecule has 0 radical (unpaired) electrons. The van der Waals surface area contributed by atoms with E-state index in [2.05, 4.69) is 5.32 Å². The van der Waals surface area contributed by atoms with Gasteiger partial charge in [-0.25, -0.2) is 9.18 Å². The Morgan fingerprint density at radius 2 is 1.93 bits per heavy atom. The number of esters is 1. The van der Waals surface area contributed by atoms with Crippen LogP contribution in [0.5, 0.6) is 5.75 Å². The number of nitro groups is 1. The fourth-order valence-electron chi connectivity index (χ4n) is 2.14. The summed E-state index contributed by atoms with van der Waals surface area (Å²) >= 11 is 0. The van der Waals surface area contributed by atoms with Gasteiger partial charge in [0.2, 0.25) is 0 Å². The molecule has 1 N–H and O–H groups in total. The van der Waals surface area contributed by atoms with Crippen molar-refractivity contribution in [3.8, 4) is 5.75 Å². The number of nitrogens with one attached hydrogen (secondary N) is 1. The van der Waals surface area contributed by atoms with Crippen molar-refractivity contribution < 1.29 is 28.4 Å². The Bertz CT molecular complexity index is 896. The first kappa shape index (κ1) is 20.6. The van der Waals surface area contributed by atoms with Gasteiger partial charge in [0.15, 0.2) is 6.61 Å². The Morgan fingerprint density at radius 1 is 1.21 bits per heavy atom. The van der Waals surface area contributed by atoms with Crippen LogP contribution in [0.4, 0.5) is 15.8 Å². The smallest absolute Gasteiger partial charge is 0.331 e. The first-order chi connectivity index (χ1) is 13.4. The van der Waals surface area contributed by atoms with Crippen LogP contribution in [-0.4, -0.2) is 30.0 Å². The maximum absolute atomic E-state index is 13.1. The van der Waals surface area contributed by atoms with Gasteiger partial charge in [0.05, 0.1) is 17.6 Å². The summed E-state index contributed by atoms with van der Waals surface area (Å²) in [4.78, 5) is 33.6. The lowest BCUT2D eigenvalue weighted by atomic mass is 10.2. The molecule has 9 heteroatoms. The van der Waals surface area contributed by atoms with E-state index in [1.165, 1.54) is 6.08 Å². The van der Waals surface area contributed by atoms with Crippen LogP contribution in [0.15, 0.2) is 48.5 Å². The molecular formula is C19H17FN2O6. The third-order valence-corrected chi connectivity index (χ3v) is 3.38. The molecule has 2 aromatic carbocycles. The number of halogens is 1. The number of benzene rings is 2. The molecule has 0 aliphatic rings. The summed E-state index contributed by atoms with van der Waals surface area (Å²) in [5, 5.41) is 13.1. The molecule has 0 spiro atoms. The predicted molar refractivity (Wildman–Crippen MR) is 99.3 cm³/mol. The van der Waals surface area contributed by atoms with E-state index < -0.39 is 34.9 Å². The number of hydrogen-bond donors (Lipinski definition) is 1. The molecule has 0 bridgehead atoms. The van der Waals surface area contributed by atoms with E-state index in [9.17, 15) is 24.1 Å². The number of ether oxygens (including phenoxy) is 2. The van der Waals surface area contributed by atoms with Gasteiger partial charge in [0.1, 0.15) is 17.3 Å². The average Bonchev–Trinajstić information content (AvgIpc) is 2.67. The summed E-state index contributed by atoms with van der Waals surface area (Å²) in [7, 11) is 0. The van der Waals surface area contributed by atoms with Gasteiger partial charge in [0, 0.05) is 6.08 Å². The monoisotopic (exact) mass is 388 g/mol. The topological polar surface area (TPSA) is 108 Å². The molecule has 0 fully saturated rings. The fourth-order valence-corrected chi connectivity index (χ4v) is 2.14. The summed E-state index contributed by atoms with van der Waals surface area (Å²) < 4.78 is 23.2. The molecule has 0 heterocycles. The van der Waals surface area contributed by atoms with E-state index in [4.69, 9.17) is 9.47 Å². The Kier molecular flexibility index (Phi) is 7.21. The van der Waals surface area contributed by atoms with Crippen LogP contribution in [0.1, 0.15) is 12.5 Å². The number of carbonyl (C=O) groups excluding carboxylic acids is 2. The van der Waals surface area contributed by atoms with E-state index in [1.54, 1.807) is 24.3 Å². The van der Waals surface area contributed by atoms with Crippen LogP contribution in [-0.2, 0) is 14.3 Å². The molecule has 2 rings (SSSR count). The molecule has 1 amide bonds. The molecule has 8 nitrogen and oxygen atoms in total. The van der Waals surface area contributed by atoms with Crippen molar-refractivity contribution in [1.29, 1.82) is 0 Å². The number of anilines is 1. The van der Waals surface area contributed by atoms with Crippen LogP contribution in [0.3, 0.4) is 0 Å². The lowest BCUT2D eigenvalue weighted by Crippen LogP contribution is -2.20. The van der Waals surface area contributed by atoms with E-state index >= 15 is 0 Å². The van der Waals surface area contributed by atoms with Crippen LogP contribution < -0.4 is 10.1 Å². The van der Waals surface area contributed by atoms with Crippen LogP contribution in [0.25, 0.3) is 6.08 Å². The second-order valence-corrected chi connectivity index (χ2v) is 5.41. The summed E-state index contributed by atoms with van der Waals surface area (Å²) in [6.45, 7) is 1.76. The molecule has 0 aliphatic carbocycles. The Hall–Kier alpha value is -3.75. The third-order valence-electron chi connectivity index (χ3n) is 3.38. The normalized spacial score (nSPS) is 10.5. The summed E-state index contributed by atoms with van der Waals surface area (Å²) in [6.07, 6.45) is 2.64. The second-order valence-electron chi connectivity index (χ2n) is 5.41. The quantitative estimate of drug-likeness (QED) is 0.322. The maximum atomic E-state index is 13.1. The summed E-state index contributed by atoms with van der Waals surface area (Å²) in [5.74, 6) is -1.67. The molecular weight excluding hydrogens is 371 g/mol. The SMILES string of the molecule is CCOc1ccc(/C=C/C(=O)OCC(=O)Nc2ccc(F)cc2[N+](=O)[O-])cc1. The highest BCUT2D eigenvalue weighted by Gasteiger charge is 2.17. The van der Waals surface area contributed by atoms with E-state index in [-0.39, 0.29) is 5.69 Å². The highest BCUT2D eigenvalue weighted by atomic mass is 19.1. The Labute approximate surface area is 159 Å². The van der Waals surface area contributed by atoms with Crippen molar-refractivity contribution in [2.75, 3.05) is 18.5 Å². The average molecular weight is 388 g/mol. The molecule has 2 aromatic rings. The van der Waals surface area contributed by atoms with Crippen molar-refractivity contribution in [2.45, 2.75) is 6.92 Å². The van der Waals surface area contributed by atoms with E-state index in [0.717, 1.165) is 23.8 Å². The van der Waals surface area contributed by atoms with Gasteiger partial charge in [-0.15, -0.1) is 0 Å². The zero-order chi connectivity index (χ0) is 20.5. The largest absolute Gasteiger partial charge is 0.494 e. The molecule has 28 heavy (non-hydrogen) atoms. The molecule has 0 aromatic heterocycles. The zero-order valence-corrected chi connectivity index (χ0v) is 14.9. The zero-order valence-electron chi connectivity index (χ0n) is 14.9. The minimum absolute atomic E-state index is 0.197. The fraction of sp³-hybridized carbons (Fsp3) is 0.158. The predicted octanol–water partition coefficient (Wildman–Crippen LogP) is 3.33. The second kappa shape index (κ2) is 9.81. The van der Waals surface area contributed by atoms with Gasteiger partial charge in [-0.2, -0.15) is 0 Å². The van der Waals surface area contributed by atoms with Crippen molar-refractivity contribution in [1.82, 2.24) is 0 Å². The van der Waals surface area contributed by atoms with Gasteiger partial charge >= 0.3 is 5.97 Å². The van der Waals surface area contributed by atoms with Gasteiger partial charge in [-0.05, 0) is 42.8 Å². The summed E-state index contributed by atoms with van der Waals surface area (Å²) in [6, 6.07) is 9.69. The highest BCUT2D eigenvalue weighted by Crippen LogP contribution is 2.24. The van der Waals surface area contributed by atoms with E-state index in [1.807, 2.05) is 6.92 Å². The number of nitrogens with zero attached hydrogens (tertiary/aromatic N) is 1. The Morgan fingerprint density at radius 3 is 2.57 bits per heavy atom. The van der Waals surface area contributed by atoms with Gasteiger partial charge in [-0.1, -0.05) is 12.1 Å². The molecule has 146 valence electrons. The van der Waals surface area contributed by atoms with Crippen LogP contribution in [0, 0.1) is 15.9 Å². The van der Waals surface area contributed by atoms with Gasteiger partial charge < -0.3 is 14.8 Å². The summed E-state index contributed by atoms with van der Waals surface area (Å²) in [5.41, 5.74) is -0.0701. The first-order valence-electron chi connectivity index (χ1n) is 8.20. The lowest BCUT2D eigenvalue weighted by molar-refractivity contribution is -0.384.